The molecule has 0 unspecified atom stereocenters. The molecule has 0 bridgehead atoms. The van der Waals surface area contributed by atoms with Crippen molar-refractivity contribution in [3.05, 3.63) is 102 Å². The summed E-state index contributed by atoms with van der Waals surface area (Å²) in [5.41, 5.74) is 5.70. The number of nitrogens with zero attached hydrogens (tertiary/aromatic N) is 4. The minimum absolute atomic E-state index is 0.162. The largest absolute Gasteiger partial charge is 0.342 e. The van der Waals surface area contributed by atoms with Crippen LogP contribution >= 0.6 is 0 Å². The van der Waals surface area contributed by atoms with Crippen LogP contribution in [0.15, 0.2) is 79.1 Å². The van der Waals surface area contributed by atoms with Crippen LogP contribution in [0.1, 0.15) is 56.0 Å². The number of aryl methyl sites for hydroxylation is 1. The Kier molecular flexibility index (Phi) is 8.71. The third kappa shape index (κ3) is 7.43. The first-order chi connectivity index (χ1) is 20.1. The van der Waals surface area contributed by atoms with E-state index in [1.54, 1.807) is 17.1 Å². The molecule has 0 radical (unpaired) electrons. The van der Waals surface area contributed by atoms with Crippen LogP contribution < -0.4 is 10.6 Å². The van der Waals surface area contributed by atoms with Gasteiger partial charge in [0.25, 0.3) is 0 Å². The molecule has 0 atom stereocenters. The van der Waals surface area contributed by atoms with Crippen LogP contribution in [0.5, 0.6) is 0 Å². The van der Waals surface area contributed by atoms with Crippen LogP contribution in [0, 0.1) is 12.8 Å². The predicted octanol–water partition coefficient (Wildman–Crippen LogP) is 6.54. The number of rotatable bonds is 7. The highest BCUT2D eigenvalue weighted by molar-refractivity contribution is 5.99. The van der Waals surface area contributed by atoms with Crippen molar-refractivity contribution >= 4 is 23.4 Å². The molecule has 2 aromatic carbocycles. The number of pyridine rings is 1. The Morgan fingerprint density at radius 3 is 2.29 bits per heavy atom. The molecule has 2 aromatic heterocycles. The summed E-state index contributed by atoms with van der Waals surface area (Å²) in [6.45, 7) is 9.94. The normalized spacial score (nSPS) is 14.0. The average Bonchev–Trinajstić information content (AvgIpc) is 3.40. The van der Waals surface area contributed by atoms with Gasteiger partial charge in [0.1, 0.15) is 5.82 Å². The first kappa shape index (κ1) is 29.0. The maximum Gasteiger partial charge on any atom is 0.324 e. The number of urea groups is 1. The maximum atomic E-state index is 13.0. The van der Waals surface area contributed by atoms with Crippen LogP contribution in [-0.2, 0) is 23.1 Å². The average molecular weight is 565 g/mol. The molecule has 8 heteroatoms. The lowest BCUT2D eigenvalue weighted by atomic mass is 9.90. The number of aromatic nitrogens is 3. The molecule has 1 aliphatic rings. The van der Waals surface area contributed by atoms with E-state index in [1.807, 2.05) is 66.4 Å². The van der Waals surface area contributed by atoms with E-state index in [-0.39, 0.29) is 17.4 Å². The van der Waals surface area contributed by atoms with Gasteiger partial charge in [0.15, 0.2) is 0 Å². The number of likely N-dealkylation sites (tertiary alicyclic amines) is 1. The summed E-state index contributed by atoms with van der Waals surface area (Å²) in [4.78, 5) is 31.7. The van der Waals surface area contributed by atoms with Gasteiger partial charge in [0, 0.05) is 42.7 Å². The molecular weight excluding hydrogens is 524 g/mol. The van der Waals surface area contributed by atoms with E-state index in [0.29, 0.717) is 18.2 Å². The van der Waals surface area contributed by atoms with Gasteiger partial charge < -0.3 is 10.2 Å². The number of hydrogen-bond acceptors (Lipinski definition) is 4. The summed E-state index contributed by atoms with van der Waals surface area (Å²) >= 11 is 0. The third-order valence-electron chi connectivity index (χ3n) is 7.78. The van der Waals surface area contributed by atoms with Crippen LogP contribution in [-0.4, -0.2) is 44.7 Å². The molecule has 1 aliphatic heterocycles. The molecule has 0 aliphatic carbocycles. The van der Waals surface area contributed by atoms with E-state index in [1.165, 1.54) is 5.56 Å². The Labute approximate surface area is 248 Å². The summed E-state index contributed by atoms with van der Waals surface area (Å²) in [5, 5.41) is 10.7. The number of amides is 3. The quantitative estimate of drug-likeness (QED) is 0.267. The van der Waals surface area contributed by atoms with Crippen molar-refractivity contribution in [1.82, 2.24) is 19.7 Å². The minimum atomic E-state index is -0.320. The Morgan fingerprint density at radius 2 is 1.64 bits per heavy atom. The second kappa shape index (κ2) is 12.6. The van der Waals surface area contributed by atoms with Gasteiger partial charge in [-0.1, -0.05) is 56.7 Å². The van der Waals surface area contributed by atoms with E-state index < -0.39 is 0 Å². The summed E-state index contributed by atoms with van der Waals surface area (Å²) in [7, 11) is 0. The lowest BCUT2D eigenvalue weighted by Crippen LogP contribution is -2.39. The van der Waals surface area contributed by atoms with Gasteiger partial charge in [-0.2, -0.15) is 5.10 Å². The number of anilines is 2. The van der Waals surface area contributed by atoms with Gasteiger partial charge in [0.05, 0.1) is 17.8 Å². The molecule has 1 fully saturated rings. The fourth-order valence-electron chi connectivity index (χ4n) is 5.23. The number of benzene rings is 2. The minimum Gasteiger partial charge on any atom is -0.342 e. The van der Waals surface area contributed by atoms with Gasteiger partial charge >= 0.3 is 6.03 Å². The molecule has 218 valence electrons. The lowest BCUT2D eigenvalue weighted by molar-refractivity contribution is -0.131. The van der Waals surface area contributed by atoms with E-state index in [9.17, 15) is 9.59 Å². The fraction of sp³-hybridized carbons (Fsp3) is 0.353. The zero-order chi connectivity index (χ0) is 29.7. The monoisotopic (exact) mass is 564 g/mol. The number of carbonyl (C=O) groups excluding carboxylic acids is 2. The zero-order valence-electron chi connectivity index (χ0n) is 24.9. The molecule has 5 rings (SSSR count). The lowest BCUT2D eigenvalue weighted by Gasteiger charge is -2.32. The second-order valence-electron chi connectivity index (χ2n) is 12.3. The van der Waals surface area contributed by atoms with Crippen molar-refractivity contribution in [2.45, 2.75) is 58.8 Å². The fourth-order valence-corrected chi connectivity index (χ4v) is 5.23. The number of carbonyl (C=O) groups is 2. The molecule has 2 N–H and O–H groups in total. The van der Waals surface area contributed by atoms with Crippen molar-refractivity contribution in [1.29, 1.82) is 0 Å². The number of nitrogens with one attached hydrogen (secondary N) is 2. The van der Waals surface area contributed by atoms with Crippen LogP contribution in [0.4, 0.5) is 16.3 Å². The van der Waals surface area contributed by atoms with Crippen LogP contribution in [0.25, 0.3) is 5.69 Å². The van der Waals surface area contributed by atoms with E-state index in [4.69, 9.17) is 5.10 Å². The Balaban J connectivity index is 1.14. The van der Waals surface area contributed by atoms with Gasteiger partial charge in [-0.05, 0) is 73.6 Å². The molecule has 3 amide bonds. The molecule has 0 saturated carbocycles. The van der Waals surface area contributed by atoms with Gasteiger partial charge in [-0.25, -0.2) is 9.48 Å². The Morgan fingerprint density at radius 1 is 0.929 bits per heavy atom. The van der Waals surface area contributed by atoms with Crippen molar-refractivity contribution in [2.24, 2.45) is 5.92 Å². The standard InChI is InChI=1S/C34H40N6O2/c1-24-7-13-29(14-8-24)40-31(22-30(38-40)34(2,3)4)37-33(42)36-28-11-9-25(10-12-28)20-26-15-18-39(19-16-26)32(41)21-27-6-5-17-35-23-27/h5-14,17,22-23,26H,15-16,18-21H2,1-4H3,(H2,36,37,42). The smallest absolute Gasteiger partial charge is 0.324 e. The molecule has 0 spiro atoms. The maximum absolute atomic E-state index is 13.0. The first-order valence-corrected chi connectivity index (χ1v) is 14.7. The zero-order valence-corrected chi connectivity index (χ0v) is 24.9. The third-order valence-corrected chi connectivity index (χ3v) is 7.78. The highest BCUT2D eigenvalue weighted by atomic mass is 16.2. The molecule has 1 saturated heterocycles. The highest BCUT2D eigenvalue weighted by Gasteiger charge is 2.24. The van der Waals surface area contributed by atoms with Gasteiger partial charge in [-0.15, -0.1) is 0 Å². The second-order valence-corrected chi connectivity index (χ2v) is 12.3. The Bertz CT molecular complexity index is 1500. The summed E-state index contributed by atoms with van der Waals surface area (Å²) < 4.78 is 1.78. The van der Waals surface area contributed by atoms with Crippen molar-refractivity contribution in [3.63, 3.8) is 0 Å². The van der Waals surface area contributed by atoms with Gasteiger partial charge in [0.2, 0.25) is 5.91 Å². The summed E-state index contributed by atoms with van der Waals surface area (Å²) in [6, 6.07) is 21.5. The molecule has 3 heterocycles. The van der Waals surface area contributed by atoms with Crippen molar-refractivity contribution in [3.8, 4) is 5.69 Å². The van der Waals surface area contributed by atoms with E-state index in [2.05, 4.69) is 48.5 Å². The highest BCUT2D eigenvalue weighted by Crippen LogP contribution is 2.27. The molecular formula is C34H40N6O2. The van der Waals surface area contributed by atoms with Gasteiger partial charge in [-0.3, -0.25) is 15.1 Å². The molecule has 42 heavy (non-hydrogen) atoms. The first-order valence-electron chi connectivity index (χ1n) is 14.7. The summed E-state index contributed by atoms with van der Waals surface area (Å²) in [6.07, 6.45) is 6.84. The molecule has 4 aromatic rings. The van der Waals surface area contributed by atoms with Crippen LogP contribution in [0.2, 0.25) is 0 Å². The molecule has 8 nitrogen and oxygen atoms in total. The topological polar surface area (TPSA) is 92.2 Å². The Hall–Kier alpha value is -4.46. The predicted molar refractivity (Wildman–Crippen MR) is 167 cm³/mol. The number of piperidine rings is 1. The van der Waals surface area contributed by atoms with Crippen molar-refractivity contribution < 1.29 is 9.59 Å². The summed E-state index contributed by atoms with van der Waals surface area (Å²) in [5.74, 6) is 1.32. The SMILES string of the molecule is Cc1ccc(-n2nc(C(C)(C)C)cc2NC(=O)Nc2ccc(CC3CCN(C(=O)Cc4cccnc4)CC3)cc2)cc1. The van der Waals surface area contributed by atoms with E-state index >= 15 is 0 Å². The number of hydrogen-bond donors (Lipinski definition) is 2. The van der Waals surface area contributed by atoms with Crippen molar-refractivity contribution in [2.75, 3.05) is 23.7 Å². The van der Waals surface area contributed by atoms with Crippen LogP contribution in [0.3, 0.4) is 0 Å². The van der Waals surface area contributed by atoms with E-state index in [0.717, 1.165) is 60.5 Å².